The summed E-state index contributed by atoms with van der Waals surface area (Å²) in [5, 5.41) is 6.12. The molecule has 7 heteroatoms. The molecule has 1 aromatic heterocycles. The molecule has 4 atom stereocenters. The second-order valence-corrected chi connectivity index (χ2v) is 11.3. The van der Waals surface area contributed by atoms with Crippen molar-refractivity contribution in [2.45, 2.75) is 65.3 Å². The molecule has 5 rings (SSSR count). The quantitative estimate of drug-likeness (QED) is 0.202. The van der Waals surface area contributed by atoms with Crippen LogP contribution >= 0.6 is 11.3 Å². The third-order valence-corrected chi connectivity index (χ3v) is 8.97. The maximum atomic E-state index is 13.5. The summed E-state index contributed by atoms with van der Waals surface area (Å²) in [4.78, 5) is 36.1. The number of amides is 1. The predicted octanol–water partition coefficient (Wildman–Crippen LogP) is 5.90. The van der Waals surface area contributed by atoms with Crippen LogP contribution in [-0.4, -0.2) is 31.0 Å². The first-order valence-corrected chi connectivity index (χ1v) is 13.3. The first-order chi connectivity index (χ1) is 16.7. The molecule has 0 aliphatic heterocycles. The summed E-state index contributed by atoms with van der Waals surface area (Å²) < 4.78 is 10.9. The third-order valence-electron chi connectivity index (χ3n) is 8.01. The van der Waals surface area contributed by atoms with Crippen molar-refractivity contribution in [1.29, 1.82) is 0 Å². The number of thiophene rings is 1. The molecule has 2 bridgehead atoms. The predicted molar refractivity (Wildman–Crippen MR) is 137 cm³/mol. The van der Waals surface area contributed by atoms with E-state index in [1.54, 1.807) is 12.1 Å². The van der Waals surface area contributed by atoms with Crippen LogP contribution in [0.1, 0.15) is 69.7 Å². The average Bonchev–Trinajstić information content (AvgIpc) is 3.24. The lowest BCUT2D eigenvalue weighted by Gasteiger charge is -2.62. The van der Waals surface area contributed by atoms with Gasteiger partial charge in [0.15, 0.2) is 0 Å². The minimum atomic E-state index is -0.379. The van der Waals surface area contributed by atoms with Crippen LogP contribution in [0.4, 0.5) is 0 Å². The summed E-state index contributed by atoms with van der Waals surface area (Å²) >= 11 is 1.52. The van der Waals surface area contributed by atoms with Crippen molar-refractivity contribution in [2.75, 3.05) is 7.11 Å². The van der Waals surface area contributed by atoms with Crippen LogP contribution in [0.3, 0.4) is 0 Å². The molecule has 1 amide bonds. The molecular formula is C28H35NO5S. The van der Waals surface area contributed by atoms with Crippen molar-refractivity contribution in [2.24, 2.45) is 23.2 Å². The fraction of sp³-hybridized carbons (Fsp3) is 0.536. The molecule has 6 nitrogen and oxygen atoms in total. The zero-order chi connectivity index (χ0) is 25.2. The summed E-state index contributed by atoms with van der Waals surface area (Å²) in [5.41, 5.74) is 0.869. The molecule has 3 fully saturated rings. The lowest BCUT2D eigenvalue weighted by Crippen LogP contribution is -2.63. The smallest absolute Gasteiger partial charge is 0.308 e. The van der Waals surface area contributed by atoms with Gasteiger partial charge >= 0.3 is 11.9 Å². The van der Waals surface area contributed by atoms with E-state index in [0.717, 1.165) is 42.2 Å². The molecule has 1 heterocycles. The number of carbonyl (C=O) groups is 3. The van der Waals surface area contributed by atoms with Gasteiger partial charge in [-0.25, -0.2) is 0 Å². The van der Waals surface area contributed by atoms with E-state index >= 15 is 0 Å². The Morgan fingerprint density at radius 2 is 2.00 bits per heavy atom. The number of unbranched alkanes of at least 4 members (excludes halogenated alkanes) is 1. The van der Waals surface area contributed by atoms with Crippen molar-refractivity contribution >= 4 is 39.3 Å². The molecule has 0 spiro atoms. The Morgan fingerprint density at radius 3 is 2.71 bits per heavy atom. The van der Waals surface area contributed by atoms with Crippen LogP contribution in [0.15, 0.2) is 35.7 Å². The first kappa shape index (κ1) is 25.4. The van der Waals surface area contributed by atoms with Gasteiger partial charge in [0.1, 0.15) is 5.75 Å². The molecule has 1 aromatic carbocycles. The van der Waals surface area contributed by atoms with E-state index in [-0.39, 0.29) is 29.3 Å². The maximum absolute atomic E-state index is 13.5. The highest BCUT2D eigenvalue weighted by Crippen LogP contribution is 2.61. The minimum absolute atomic E-state index is 0.0607. The number of nitrogens with one attached hydrogen (secondary N) is 1. The van der Waals surface area contributed by atoms with Crippen molar-refractivity contribution in [3.63, 3.8) is 0 Å². The Bertz CT molecular complexity index is 1130. The van der Waals surface area contributed by atoms with Crippen LogP contribution in [0.2, 0.25) is 0 Å². The number of hydrogen-bond donors (Lipinski definition) is 1. The standard InChI is InChI=1S/C28H35NO5S/c1-17(30)34-20-11-12-24-21(15-20)22(16-35-24)27(32)29-26-18(13-19-14-23(26)28(19,2)3)9-7-5-6-8-10-25(31)33-4/h5,7,11-12,15-16,18-19,23,26H,6,8-10,13-14H2,1-4H3,(H,29,32)/b7-5-/t18-,19+,23+,26+/m0/s1. The largest absolute Gasteiger partial charge is 0.469 e. The number of methoxy groups -OCH3 is 1. The Labute approximate surface area is 211 Å². The fourth-order valence-corrected chi connectivity index (χ4v) is 6.79. The highest BCUT2D eigenvalue weighted by molar-refractivity contribution is 7.17. The van der Waals surface area contributed by atoms with Gasteiger partial charge in [-0.15, -0.1) is 11.3 Å². The minimum Gasteiger partial charge on any atom is -0.469 e. The number of allylic oxidation sites excluding steroid dienone is 2. The SMILES string of the molecule is COC(=O)CCC/C=C\C[C@H]1C[C@@H]2C[C@H]([C@@H]1NC(=O)c1csc3ccc(OC(C)=O)cc13)C2(C)C. The summed E-state index contributed by atoms with van der Waals surface area (Å²) in [7, 11) is 1.42. The molecule has 0 saturated heterocycles. The summed E-state index contributed by atoms with van der Waals surface area (Å²) in [6.07, 6.45) is 9.64. The van der Waals surface area contributed by atoms with Gasteiger partial charge in [-0.05, 0) is 73.5 Å². The fourth-order valence-electron chi connectivity index (χ4n) is 5.87. The molecule has 2 aromatic rings. The zero-order valence-electron chi connectivity index (χ0n) is 21.0. The molecular weight excluding hydrogens is 462 g/mol. The van der Waals surface area contributed by atoms with Gasteiger partial charge in [-0.2, -0.15) is 0 Å². The molecule has 188 valence electrons. The van der Waals surface area contributed by atoms with Gasteiger partial charge in [0.2, 0.25) is 0 Å². The average molecular weight is 498 g/mol. The summed E-state index contributed by atoms with van der Waals surface area (Å²) in [6.45, 7) is 6.03. The molecule has 35 heavy (non-hydrogen) atoms. The normalized spacial score (nSPS) is 24.7. The Balaban J connectivity index is 1.45. The number of ether oxygens (including phenoxy) is 2. The second-order valence-electron chi connectivity index (χ2n) is 10.4. The zero-order valence-corrected chi connectivity index (χ0v) is 21.8. The monoisotopic (exact) mass is 497 g/mol. The van der Waals surface area contributed by atoms with Crippen LogP contribution in [0, 0.1) is 23.2 Å². The molecule has 3 aliphatic rings. The highest BCUT2D eigenvalue weighted by Gasteiger charge is 2.57. The van der Waals surface area contributed by atoms with Gasteiger partial charge in [-0.3, -0.25) is 14.4 Å². The van der Waals surface area contributed by atoms with Gasteiger partial charge in [0.05, 0.1) is 12.7 Å². The lowest BCUT2D eigenvalue weighted by molar-refractivity contribution is -0.140. The van der Waals surface area contributed by atoms with Crippen LogP contribution in [-0.2, 0) is 14.3 Å². The first-order valence-electron chi connectivity index (χ1n) is 12.4. The molecule has 0 radical (unpaired) electrons. The van der Waals surface area contributed by atoms with E-state index < -0.39 is 0 Å². The number of benzene rings is 1. The van der Waals surface area contributed by atoms with E-state index in [9.17, 15) is 14.4 Å². The van der Waals surface area contributed by atoms with E-state index in [1.807, 2.05) is 11.4 Å². The van der Waals surface area contributed by atoms with Crippen molar-refractivity contribution < 1.29 is 23.9 Å². The summed E-state index contributed by atoms with van der Waals surface area (Å²) in [5.74, 6) is 1.40. The molecule has 3 saturated carbocycles. The molecule has 3 aliphatic carbocycles. The molecule has 1 N–H and O–H groups in total. The van der Waals surface area contributed by atoms with Gasteiger partial charge in [0, 0.05) is 34.9 Å². The van der Waals surface area contributed by atoms with E-state index in [0.29, 0.717) is 35.5 Å². The number of carbonyl (C=O) groups excluding carboxylic acids is 3. The Morgan fingerprint density at radius 1 is 1.20 bits per heavy atom. The number of esters is 2. The van der Waals surface area contributed by atoms with Gasteiger partial charge < -0.3 is 14.8 Å². The van der Waals surface area contributed by atoms with Crippen LogP contribution < -0.4 is 10.1 Å². The molecule has 0 unspecified atom stereocenters. The number of fused-ring (bicyclic) bond motifs is 3. The van der Waals surface area contributed by atoms with Crippen LogP contribution in [0.25, 0.3) is 10.1 Å². The summed E-state index contributed by atoms with van der Waals surface area (Å²) in [6, 6.07) is 5.55. The van der Waals surface area contributed by atoms with Crippen molar-refractivity contribution in [3.8, 4) is 5.75 Å². The lowest BCUT2D eigenvalue weighted by atomic mass is 9.44. The van der Waals surface area contributed by atoms with E-state index in [2.05, 4.69) is 31.3 Å². The second kappa shape index (κ2) is 10.5. The number of hydrogen-bond acceptors (Lipinski definition) is 6. The topological polar surface area (TPSA) is 81.7 Å². The third kappa shape index (κ3) is 5.45. The van der Waals surface area contributed by atoms with Crippen molar-refractivity contribution in [3.05, 3.63) is 41.3 Å². The Hall–Kier alpha value is -2.67. The Kier molecular flexibility index (Phi) is 7.64. The number of rotatable bonds is 9. The van der Waals surface area contributed by atoms with Crippen LogP contribution in [0.5, 0.6) is 5.75 Å². The van der Waals surface area contributed by atoms with Gasteiger partial charge in [-0.1, -0.05) is 26.0 Å². The van der Waals surface area contributed by atoms with E-state index in [1.165, 1.54) is 25.4 Å². The van der Waals surface area contributed by atoms with Gasteiger partial charge in [0.25, 0.3) is 5.91 Å². The maximum Gasteiger partial charge on any atom is 0.308 e. The van der Waals surface area contributed by atoms with E-state index in [4.69, 9.17) is 9.47 Å². The highest BCUT2D eigenvalue weighted by atomic mass is 32.1. The van der Waals surface area contributed by atoms with Crippen molar-refractivity contribution in [1.82, 2.24) is 5.32 Å².